The van der Waals surface area contributed by atoms with Crippen molar-refractivity contribution < 1.29 is 9.90 Å². The second kappa shape index (κ2) is 9.64. The van der Waals surface area contributed by atoms with Crippen molar-refractivity contribution in [2.24, 2.45) is 5.41 Å². The van der Waals surface area contributed by atoms with Crippen molar-refractivity contribution in [3.8, 4) is 6.07 Å². The number of hydrogen-bond acceptors (Lipinski definition) is 4. The van der Waals surface area contributed by atoms with Crippen LogP contribution < -0.4 is 5.32 Å². The Morgan fingerprint density at radius 2 is 1.94 bits per heavy atom. The lowest BCUT2D eigenvalue weighted by Gasteiger charge is -2.42. The number of hydrogen-bond donors (Lipinski definition) is 2. The van der Waals surface area contributed by atoms with Crippen LogP contribution in [-0.4, -0.2) is 48.2 Å². The summed E-state index contributed by atoms with van der Waals surface area (Å²) in [5.74, 6) is -0.270. The van der Waals surface area contributed by atoms with Gasteiger partial charge in [0, 0.05) is 31.5 Å². The van der Waals surface area contributed by atoms with Gasteiger partial charge in [-0.1, -0.05) is 42.5 Å². The van der Waals surface area contributed by atoms with Gasteiger partial charge in [-0.3, -0.25) is 0 Å². The highest BCUT2D eigenvalue weighted by Crippen LogP contribution is 2.42. The van der Waals surface area contributed by atoms with Gasteiger partial charge < -0.3 is 15.3 Å². The first-order valence-corrected chi connectivity index (χ1v) is 11.3. The van der Waals surface area contributed by atoms with Gasteiger partial charge in [0.05, 0.1) is 11.6 Å². The maximum Gasteiger partial charge on any atom is 0.335 e. The Kier molecular flexibility index (Phi) is 6.70. The van der Waals surface area contributed by atoms with E-state index in [4.69, 9.17) is 5.26 Å². The Bertz CT molecular complexity index is 929. The average molecular weight is 418 g/mol. The largest absolute Gasteiger partial charge is 0.478 e. The zero-order valence-electron chi connectivity index (χ0n) is 18.0. The summed E-state index contributed by atoms with van der Waals surface area (Å²) in [5.41, 5.74) is 2.99. The number of nitrogens with zero attached hydrogens (tertiary/aromatic N) is 2. The van der Waals surface area contributed by atoms with Crippen molar-refractivity contribution in [3.05, 3.63) is 71.3 Å². The fourth-order valence-corrected chi connectivity index (χ4v) is 4.96. The number of piperidine rings is 1. The number of rotatable bonds is 9. The molecular formula is C26H31N3O2. The molecule has 5 nitrogen and oxygen atoms in total. The number of carboxylic acid groups (broad SMARTS) is 1. The van der Waals surface area contributed by atoms with E-state index >= 15 is 0 Å². The first kappa shape index (κ1) is 21.5. The molecule has 0 aromatic heterocycles. The Morgan fingerprint density at radius 3 is 2.65 bits per heavy atom. The fourth-order valence-electron chi connectivity index (χ4n) is 4.96. The van der Waals surface area contributed by atoms with E-state index < -0.39 is 5.97 Å². The molecule has 2 N–H and O–H groups in total. The molecule has 0 amide bonds. The summed E-state index contributed by atoms with van der Waals surface area (Å²) < 4.78 is 0. The Balaban J connectivity index is 1.43. The standard InChI is InChI=1S/C26H31N3O2/c27-12-5-13-29-14-10-26(11-15-29,18-20-6-4-9-22(16-20)25(30)31)19-28-24-17-23(24)21-7-2-1-3-8-21/h1-4,6-9,16,23-24,28H,5,10-11,13-15,17-19H2,(H,30,31)/t23?,24-/m1/s1. The molecule has 1 aliphatic heterocycles. The van der Waals surface area contributed by atoms with Crippen LogP contribution in [0.1, 0.15) is 53.1 Å². The minimum absolute atomic E-state index is 0.115. The first-order chi connectivity index (χ1) is 15.1. The smallest absolute Gasteiger partial charge is 0.335 e. The molecule has 1 aliphatic carbocycles. The van der Waals surface area contributed by atoms with Crippen molar-refractivity contribution in [2.45, 2.75) is 44.1 Å². The molecule has 2 aliphatic rings. The highest BCUT2D eigenvalue weighted by molar-refractivity contribution is 5.87. The lowest BCUT2D eigenvalue weighted by Crippen LogP contribution is -2.47. The highest BCUT2D eigenvalue weighted by Gasteiger charge is 2.41. The Hall–Kier alpha value is -2.68. The number of benzene rings is 2. The van der Waals surface area contributed by atoms with E-state index in [1.807, 2.05) is 12.1 Å². The maximum absolute atomic E-state index is 11.4. The Morgan fingerprint density at radius 1 is 1.16 bits per heavy atom. The molecule has 1 saturated carbocycles. The fraction of sp³-hybridized carbons (Fsp3) is 0.462. The van der Waals surface area contributed by atoms with Gasteiger partial charge in [-0.05, 0) is 67.4 Å². The molecule has 2 fully saturated rings. The maximum atomic E-state index is 11.4. The summed E-state index contributed by atoms with van der Waals surface area (Å²) in [6.45, 7) is 3.78. The molecule has 0 spiro atoms. The van der Waals surface area contributed by atoms with Crippen LogP contribution in [0.4, 0.5) is 0 Å². The predicted molar refractivity (Wildman–Crippen MR) is 121 cm³/mol. The summed E-state index contributed by atoms with van der Waals surface area (Å²) >= 11 is 0. The summed E-state index contributed by atoms with van der Waals surface area (Å²) in [7, 11) is 0. The van der Waals surface area contributed by atoms with Gasteiger partial charge in [-0.2, -0.15) is 5.26 Å². The SMILES string of the molecule is N#CCCN1CCC(CN[C@@H]2CC2c2ccccc2)(Cc2cccc(C(=O)O)c2)CC1. The van der Waals surface area contributed by atoms with Gasteiger partial charge in [0.15, 0.2) is 0 Å². The van der Waals surface area contributed by atoms with E-state index in [1.165, 1.54) is 12.0 Å². The number of nitriles is 1. The monoisotopic (exact) mass is 417 g/mol. The predicted octanol–water partition coefficient (Wildman–Crippen LogP) is 4.07. The molecular weight excluding hydrogens is 386 g/mol. The van der Waals surface area contributed by atoms with Crippen molar-refractivity contribution in [1.82, 2.24) is 10.2 Å². The van der Waals surface area contributed by atoms with Gasteiger partial charge in [0.25, 0.3) is 0 Å². The summed E-state index contributed by atoms with van der Waals surface area (Å²) in [4.78, 5) is 13.8. The van der Waals surface area contributed by atoms with E-state index in [2.05, 4.69) is 52.7 Å². The number of carbonyl (C=O) groups is 1. The van der Waals surface area contributed by atoms with E-state index in [-0.39, 0.29) is 5.41 Å². The minimum Gasteiger partial charge on any atom is -0.478 e. The van der Waals surface area contributed by atoms with Crippen LogP contribution in [0, 0.1) is 16.7 Å². The van der Waals surface area contributed by atoms with E-state index in [1.54, 1.807) is 6.07 Å². The van der Waals surface area contributed by atoms with E-state index in [0.29, 0.717) is 23.9 Å². The lowest BCUT2D eigenvalue weighted by molar-refractivity contribution is 0.0696. The average Bonchev–Trinajstić information content (AvgIpc) is 3.58. The number of carboxylic acids is 1. The second-order valence-electron chi connectivity index (χ2n) is 9.17. The zero-order chi connectivity index (χ0) is 21.7. The second-order valence-corrected chi connectivity index (χ2v) is 9.17. The van der Waals surface area contributed by atoms with Crippen LogP contribution in [0.15, 0.2) is 54.6 Å². The third kappa shape index (κ3) is 5.52. The van der Waals surface area contributed by atoms with E-state index in [9.17, 15) is 9.90 Å². The van der Waals surface area contributed by atoms with Gasteiger partial charge in [-0.15, -0.1) is 0 Å². The molecule has 2 aromatic carbocycles. The van der Waals surface area contributed by atoms with Crippen LogP contribution in [-0.2, 0) is 6.42 Å². The van der Waals surface area contributed by atoms with Crippen LogP contribution >= 0.6 is 0 Å². The number of nitrogens with one attached hydrogen (secondary N) is 1. The molecule has 5 heteroatoms. The van der Waals surface area contributed by atoms with Gasteiger partial charge >= 0.3 is 5.97 Å². The highest BCUT2D eigenvalue weighted by atomic mass is 16.4. The van der Waals surface area contributed by atoms with Crippen LogP contribution in [0.5, 0.6) is 0 Å². The molecule has 0 bridgehead atoms. The van der Waals surface area contributed by atoms with Crippen molar-refractivity contribution >= 4 is 5.97 Å². The molecule has 31 heavy (non-hydrogen) atoms. The topological polar surface area (TPSA) is 76.4 Å². The summed E-state index contributed by atoms with van der Waals surface area (Å²) in [6, 6.07) is 20.9. The first-order valence-electron chi connectivity index (χ1n) is 11.3. The van der Waals surface area contributed by atoms with Crippen LogP contribution in [0.3, 0.4) is 0 Å². The Labute approximate surface area is 184 Å². The molecule has 2 atom stereocenters. The summed E-state index contributed by atoms with van der Waals surface area (Å²) in [5, 5.41) is 22.1. The molecule has 1 heterocycles. The minimum atomic E-state index is -0.871. The lowest BCUT2D eigenvalue weighted by atomic mass is 9.73. The number of aromatic carboxylic acids is 1. The van der Waals surface area contributed by atoms with Crippen LogP contribution in [0.25, 0.3) is 0 Å². The van der Waals surface area contributed by atoms with Crippen LogP contribution in [0.2, 0.25) is 0 Å². The quantitative estimate of drug-likeness (QED) is 0.643. The van der Waals surface area contributed by atoms with Crippen molar-refractivity contribution in [1.29, 1.82) is 5.26 Å². The van der Waals surface area contributed by atoms with Crippen molar-refractivity contribution in [3.63, 3.8) is 0 Å². The third-order valence-corrected chi connectivity index (χ3v) is 6.97. The number of likely N-dealkylation sites (tertiary alicyclic amines) is 1. The molecule has 0 radical (unpaired) electrons. The molecule has 1 unspecified atom stereocenters. The molecule has 4 rings (SSSR count). The normalized spacial score (nSPS) is 22.5. The zero-order valence-corrected chi connectivity index (χ0v) is 18.0. The van der Waals surface area contributed by atoms with E-state index in [0.717, 1.165) is 51.0 Å². The summed E-state index contributed by atoms with van der Waals surface area (Å²) in [6.07, 6.45) is 4.77. The van der Waals surface area contributed by atoms with Gasteiger partial charge in [0.2, 0.25) is 0 Å². The third-order valence-electron chi connectivity index (χ3n) is 6.97. The molecule has 2 aromatic rings. The van der Waals surface area contributed by atoms with Crippen molar-refractivity contribution in [2.75, 3.05) is 26.2 Å². The molecule has 1 saturated heterocycles. The molecule has 162 valence electrons. The van der Waals surface area contributed by atoms with Gasteiger partial charge in [0.1, 0.15) is 0 Å². The van der Waals surface area contributed by atoms with Gasteiger partial charge in [-0.25, -0.2) is 4.79 Å².